The topological polar surface area (TPSA) is 117 Å². The van der Waals surface area contributed by atoms with Crippen molar-refractivity contribution in [2.75, 3.05) is 33.4 Å². The highest BCUT2D eigenvalue weighted by Gasteiger charge is 2.39. The van der Waals surface area contributed by atoms with Crippen LogP contribution in [0, 0.1) is 11.8 Å². The van der Waals surface area contributed by atoms with Crippen molar-refractivity contribution in [2.45, 2.75) is 63.3 Å². The van der Waals surface area contributed by atoms with Gasteiger partial charge in [-0.1, -0.05) is 17.7 Å². The number of ether oxygens (including phenoxy) is 2. The summed E-state index contributed by atoms with van der Waals surface area (Å²) in [5.41, 5.74) is 1.01. The van der Waals surface area contributed by atoms with Gasteiger partial charge in [0.2, 0.25) is 11.8 Å². The molecule has 3 fully saturated rings. The third kappa shape index (κ3) is 10.2. The van der Waals surface area contributed by atoms with Crippen LogP contribution in [-0.4, -0.2) is 79.5 Å². The van der Waals surface area contributed by atoms with Gasteiger partial charge in [-0.25, -0.2) is 4.79 Å². The van der Waals surface area contributed by atoms with Gasteiger partial charge in [-0.05, 0) is 49.8 Å². The van der Waals surface area contributed by atoms with Gasteiger partial charge in [0.15, 0.2) is 0 Å². The maximum absolute atomic E-state index is 13.5. The van der Waals surface area contributed by atoms with Crippen LogP contribution in [0.15, 0.2) is 18.2 Å². The fraction of sp³-hybridized carbons (Fsp3) is 0.654. The summed E-state index contributed by atoms with van der Waals surface area (Å²) < 4.78 is 42.6. The van der Waals surface area contributed by atoms with E-state index in [0.29, 0.717) is 49.5 Å². The normalized spacial score (nSPS) is 20.8. The molecule has 1 saturated heterocycles. The van der Waals surface area contributed by atoms with Crippen LogP contribution in [0.3, 0.4) is 0 Å². The monoisotopic (exact) mass is 577 g/mol. The standard InChI is InChI=1S/C24H34ClN3O4.C2HF3O2/c1-31-9-2-10-32-22-11-16(3-8-21(22)25)15-28(20-6-7-20)24(30)18-12-19(14-26-13-18)27-23(29)17-4-5-17;3-2(4,5)1(6)7/h3,8,11,17-20,26H,2,4-7,9-10,12-15H2,1H3,(H,27,29);(H,6,7)/t18-,19+;/m0./s1. The molecule has 1 aromatic rings. The first-order valence-electron chi connectivity index (χ1n) is 13.0. The molecular weight excluding hydrogens is 543 g/mol. The van der Waals surface area contributed by atoms with Gasteiger partial charge in [-0.2, -0.15) is 13.2 Å². The molecular formula is C26H35ClF3N3O6. The molecule has 3 N–H and O–H groups in total. The Labute approximate surface area is 230 Å². The average molecular weight is 578 g/mol. The van der Waals surface area contributed by atoms with Crippen LogP contribution in [0.2, 0.25) is 5.02 Å². The number of benzene rings is 1. The van der Waals surface area contributed by atoms with Crippen LogP contribution in [0.4, 0.5) is 13.2 Å². The summed E-state index contributed by atoms with van der Waals surface area (Å²) in [5, 5.41) is 14.2. The van der Waals surface area contributed by atoms with Crippen molar-refractivity contribution < 1.29 is 42.1 Å². The summed E-state index contributed by atoms with van der Waals surface area (Å²) in [4.78, 5) is 36.5. The number of aliphatic carboxylic acids is 1. The molecule has 9 nitrogen and oxygen atoms in total. The molecule has 13 heteroatoms. The number of carbonyl (C=O) groups is 3. The minimum atomic E-state index is -5.08. The molecule has 3 aliphatic rings. The number of methoxy groups -OCH3 is 1. The first-order valence-corrected chi connectivity index (χ1v) is 13.4. The second-order valence-corrected chi connectivity index (χ2v) is 10.4. The Bertz CT molecular complexity index is 1000. The van der Waals surface area contributed by atoms with Crippen molar-refractivity contribution in [2.24, 2.45) is 11.8 Å². The number of hydrogen-bond donors (Lipinski definition) is 3. The lowest BCUT2D eigenvalue weighted by molar-refractivity contribution is -0.192. The zero-order valence-electron chi connectivity index (χ0n) is 21.8. The fourth-order valence-corrected chi connectivity index (χ4v) is 4.42. The summed E-state index contributed by atoms with van der Waals surface area (Å²) in [6, 6.07) is 6.06. The Morgan fingerprint density at radius 1 is 1.13 bits per heavy atom. The van der Waals surface area contributed by atoms with Gasteiger partial charge in [0.25, 0.3) is 0 Å². The van der Waals surface area contributed by atoms with Gasteiger partial charge >= 0.3 is 12.1 Å². The molecule has 0 bridgehead atoms. The molecule has 1 aromatic carbocycles. The van der Waals surface area contributed by atoms with E-state index in [1.807, 2.05) is 23.1 Å². The number of piperidine rings is 1. The second kappa shape index (κ2) is 14.2. The smallest absolute Gasteiger partial charge is 0.490 e. The predicted octanol–water partition coefficient (Wildman–Crippen LogP) is 3.38. The van der Waals surface area contributed by atoms with Gasteiger partial charge in [0.05, 0.1) is 17.5 Å². The molecule has 1 aliphatic heterocycles. The van der Waals surface area contributed by atoms with E-state index in [0.717, 1.165) is 44.2 Å². The van der Waals surface area contributed by atoms with Crippen LogP contribution in [0.1, 0.15) is 44.1 Å². The molecule has 0 radical (unpaired) electrons. The fourth-order valence-electron chi connectivity index (χ4n) is 4.25. The van der Waals surface area contributed by atoms with Crippen LogP contribution in [0.5, 0.6) is 5.75 Å². The van der Waals surface area contributed by atoms with E-state index in [9.17, 15) is 22.8 Å². The van der Waals surface area contributed by atoms with Crippen molar-refractivity contribution in [3.05, 3.63) is 28.8 Å². The SMILES string of the molecule is COCCCOc1cc(CN(C(=O)[C@@H]2CNC[C@H](NC(=O)C3CC3)C2)C2CC2)ccc1Cl.O=C(O)C(F)(F)F. The third-order valence-corrected chi connectivity index (χ3v) is 6.92. The summed E-state index contributed by atoms with van der Waals surface area (Å²) in [5.74, 6) is -1.74. The van der Waals surface area contributed by atoms with E-state index in [2.05, 4.69) is 10.6 Å². The van der Waals surface area contributed by atoms with Crippen molar-refractivity contribution in [3.8, 4) is 5.75 Å². The number of hydrogen-bond acceptors (Lipinski definition) is 6. The highest BCUT2D eigenvalue weighted by Crippen LogP contribution is 2.33. The van der Waals surface area contributed by atoms with E-state index < -0.39 is 12.1 Å². The average Bonchev–Trinajstić information content (AvgIpc) is 3.80. The number of amides is 2. The molecule has 0 unspecified atom stereocenters. The lowest BCUT2D eigenvalue weighted by Gasteiger charge is -2.34. The largest absolute Gasteiger partial charge is 0.492 e. The number of nitrogens with zero attached hydrogens (tertiary/aromatic N) is 1. The molecule has 1 heterocycles. The number of nitrogens with one attached hydrogen (secondary N) is 2. The molecule has 2 saturated carbocycles. The van der Waals surface area contributed by atoms with Crippen molar-refractivity contribution in [3.63, 3.8) is 0 Å². The van der Waals surface area contributed by atoms with Crippen LogP contribution >= 0.6 is 11.6 Å². The molecule has 0 spiro atoms. The minimum absolute atomic E-state index is 0.0227. The Kier molecular flexibility index (Phi) is 11.3. The molecule has 4 rings (SSSR count). The zero-order valence-corrected chi connectivity index (χ0v) is 22.5. The highest BCUT2D eigenvalue weighted by molar-refractivity contribution is 6.32. The van der Waals surface area contributed by atoms with Gasteiger partial charge in [-0.15, -0.1) is 0 Å². The van der Waals surface area contributed by atoms with E-state index in [1.54, 1.807) is 7.11 Å². The van der Waals surface area contributed by atoms with Crippen molar-refractivity contribution >= 4 is 29.4 Å². The van der Waals surface area contributed by atoms with Crippen molar-refractivity contribution in [1.82, 2.24) is 15.5 Å². The molecule has 0 aromatic heterocycles. The number of rotatable bonds is 11. The lowest BCUT2D eigenvalue weighted by atomic mass is 9.93. The van der Waals surface area contributed by atoms with Crippen molar-refractivity contribution in [1.29, 1.82) is 0 Å². The first kappa shape index (κ1) is 31.0. The summed E-state index contributed by atoms with van der Waals surface area (Å²) in [6.07, 6.45) is 0.466. The number of carboxylic acids is 1. The number of alkyl halides is 3. The van der Waals surface area contributed by atoms with Crippen LogP contribution in [-0.2, 0) is 25.7 Å². The third-order valence-electron chi connectivity index (χ3n) is 6.61. The summed E-state index contributed by atoms with van der Waals surface area (Å²) in [7, 11) is 1.67. The molecule has 2 aliphatic carbocycles. The maximum Gasteiger partial charge on any atom is 0.490 e. The van der Waals surface area contributed by atoms with Gasteiger partial charge in [0.1, 0.15) is 5.75 Å². The van der Waals surface area contributed by atoms with Gasteiger partial charge < -0.3 is 30.1 Å². The van der Waals surface area contributed by atoms with Gasteiger partial charge in [-0.3, -0.25) is 9.59 Å². The van der Waals surface area contributed by atoms with E-state index in [4.69, 9.17) is 31.0 Å². The number of halogens is 4. The maximum atomic E-state index is 13.5. The predicted molar refractivity (Wildman–Crippen MR) is 136 cm³/mol. The quantitative estimate of drug-likeness (QED) is 0.345. The minimum Gasteiger partial charge on any atom is -0.492 e. The molecule has 39 heavy (non-hydrogen) atoms. The number of carbonyl (C=O) groups excluding carboxylic acids is 2. The van der Waals surface area contributed by atoms with E-state index in [1.165, 1.54) is 0 Å². The Hall–Kier alpha value is -2.57. The Morgan fingerprint density at radius 2 is 1.82 bits per heavy atom. The van der Waals surface area contributed by atoms with E-state index >= 15 is 0 Å². The summed E-state index contributed by atoms with van der Waals surface area (Å²) >= 11 is 6.31. The number of carboxylic acid groups (broad SMARTS) is 1. The second-order valence-electron chi connectivity index (χ2n) is 10.0. The Balaban J connectivity index is 0.000000532. The van der Waals surface area contributed by atoms with E-state index in [-0.39, 0.29) is 29.7 Å². The molecule has 2 atom stereocenters. The molecule has 2 amide bonds. The van der Waals surface area contributed by atoms with Crippen LogP contribution < -0.4 is 15.4 Å². The van der Waals surface area contributed by atoms with Gasteiger partial charge in [0, 0.05) is 57.8 Å². The summed E-state index contributed by atoms with van der Waals surface area (Å²) in [6.45, 7) is 3.10. The molecule has 218 valence electrons. The Morgan fingerprint density at radius 3 is 2.41 bits per heavy atom. The van der Waals surface area contributed by atoms with Crippen LogP contribution in [0.25, 0.3) is 0 Å². The first-order chi connectivity index (χ1) is 18.5. The lowest BCUT2D eigenvalue weighted by Crippen LogP contribution is -2.53. The zero-order chi connectivity index (χ0) is 28.6. The highest BCUT2D eigenvalue weighted by atomic mass is 35.5.